The molecule has 37 heavy (non-hydrogen) atoms. The number of aromatic hydroxyl groups is 2. The van der Waals surface area contributed by atoms with E-state index in [0.29, 0.717) is 11.1 Å². The first-order valence-electron chi connectivity index (χ1n) is 12.4. The van der Waals surface area contributed by atoms with Gasteiger partial charge in [0.1, 0.15) is 17.2 Å². The smallest absolute Gasteiger partial charge is 0.417 e. The second kappa shape index (κ2) is 10.7. The van der Waals surface area contributed by atoms with E-state index in [1.165, 1.54) is 61.7 Å². The molecule has 1 unspecified atom stereocenters. The SMILES string of the molecule is Oc1ccc(C2=C(C(F)(F)F)c3ccc(O)cc3OC2c2ccc(SCCN3CCCCC3)cc2)cc1. The number of ether oxygens (including phenoxy) is 1. The topological polar surface area (TPSA) is 52.9 Å². The number of thioether (sulfide) groups is 1. The van der Waals surface area contributed by atoms with E-state index in [4.69, 9.17) is 4.74 Å². The second-order valence-corrected chi connectivity index (χ2v) is 10.5. The average molecular weight is 528 g/mol. The summed E-state index contributed by atoms with van der Waals surface area (Å²) in [5, 5.41) is 19.7. The molecule has 0 aliphatic carbocycles. The zero-order chi connectivity index (χ0) is 26.0. The Hall–Kier alpha value is -3.10. The third-order valence-corrected chi connectivity index (χ3v) is 7.77. The van der Waals surface area contributed by atoms with Gasteiger partial charge in [0, 0.05) is 34.4 Å². The lowest BCUT2D eigenvalue weighted by Crippen LogP contribution is -2.31. The van der Waals surface area contributed by atoms with E-state index in [-0.39, 0.29) is 28.4 Å². The average Bonchev–Trinajstić information content (AvgIpc) is 2.88. The van der Waals surface area contributed by atoms with E-state index in [1.54, 1.807) is 23.9 Å². The number of piperidine rings is 1. The molecular weight excluding hydrogens is 499 g/mol. The largest absolute Gasteiger partial charge is 0.508 e. The maximum Gasteiger partial charge on any atom is 0.417 e. The molecule has 1 fully saturated rings. The fourth-order valence-electron chi connectivity index (χ4n) is 4.97. The molecule has 0 bridgehead atoms. The Morgan fingerprint density at radius 2 is 1.54 bits per heavy atom. The Labute approximate surface area is 218 Å². The summed E-state index contributed by atoms with van der Waals surface area (Å²) in [5.74, 6) is 0.706. The molecule has 4 nitrogen and oxygen atoms in total. The van der Waals surface area contributed by atoms with Crippen LogP contribution in [0.3, 0.4) is 0 Å². The molecule has 0 amide bonds. The van der Waals surface area contributed by atoms with Crippen LogP contribution in [0.25, 0.3) is 11.1 Å². The Morgan fingerprint density at radius 1 is 0.865 bits per heavy atom. The minimum atomic E-state index is -4.68. The van der Waals surface area contributed by atoms with Crippen molar-refractivity contribution in [3.05, 3.63) is 83.4 Å². The number of alkyl halides is 3. The molecule has 2 aliphatic heterocycles. The zero-order valence-electron chi connectivity index (χ0n) is 20.2. The van der Waals surface area contributed by atoms with Crippen LogP contribution in [-0.4, -0.2) is 46.7 Å². The molecule has 2 N–H and O–H groups in total. The van der Waals surface area contributed by atoms with Crippen LogP contribution in [0.5, 0.6) is 17.2 Å². The van der Waals surface area contributed by atoms with E-state index in [1.807, 2.05) is 12.1 Å². The van der Waals surface area contributed by atoms with Crippen molar-refractivity contribution in [1.29, 1.82) is 0 Å². The monoisotopic (exact) mass is 527 g/mol. The Kier molecular flexibility index (Phi) is 7.40. The van der Waals surface area contributed by atoms with E-state index < -0.39 is 17.9 Å². The lowest BCUT2D eigenvalue weighted by atomic mass is 9.85. The third kappa shape index (κ3) is 5.75. The first kappa shape index (κ1) is 25.5. The molecular formula is C29H28F3NO3S. The Morgan fingerprint density at radius 3 is 2.22 bits per heavy atom. The van der Waals surface area contributed by atoms with Gasteiger partial charge in [0.25, 0.3) is 0 Å². The summed E-state index contributed by atoms with van der Waals surface area (Å²) < 4.78 is 49.8. The molecule has 3 aromatic carbocycles. The highest BCUT2D eigenvalue weighted by Crippen LogP contribution is 2.53. The molecule has 2 aliphatic rings. The molecule has 194 valence electrons. The van der Waals surface area contributed by atoms with Crippen molar-refractivity contribution in [3.8, 4) is 17.2 Å². The van der Waals surface area contributed by atoms with Gasteiger partial charge >= 0.3 is 6.18 Å². The number of nitrogens with zero attached hydrogens (tertiary/aromatic N) is 1. The highest BCUT2D eigenvalue weighted by Gasteiger charge is 2.44. The molecule has 0 saturated carbocycles. The van der Waals surface area contributed by atoms with Crippen molar-refractivity contribution in [2.24, 2.45) is 0 Å². The first-order valence-corrected chi connectivity index (χ1v) is 13.3. The Balaban J connectivity index is 1.48. The highest BCUT2D eigenvalue weighted by atomic mass is 32.2. The van der Waals surface area contributed by atoms with Crippen LogP contribution in [-0.2, 0) is 0 Å². The second-order valence-electron chi connectivity index (χ2n) is 9.33. The summed E-state index contributed by atoms with van der Waals surface area (Å²) >= 11 is 1.73. The van der Waals surface area contributed by atoms with Crippen molar-refractivity contribution in [2.75, 3.05) is 25.4 Å². The normalized spacial score (nSPS) is 18.4. The van der Waals surface area contributed by atoms with Crippen molar-refractivity contribution < 1.29 is 28.1 Å². The quantitative estimate of drug-likeness (QED) is 0.330. The fourth-order valence-corrected chi connectivity index (χ4v) is 5.88. The van der Waals surface area contributed by atoms with Crippen LogP contribution in [0.15, 0.2) is 71.6 Å². The molecule has 2 heterocycles. The van der Waals surface area contributed by atoms with Gasteiger partial charge in [0.2, 0.25) is 0 Å². The van der Waals surface area contributed by atoms with Crippen LogP contribution in [0, 0.1) is 0 Å². The van der Waals surface area contributed by atoms with Crippen LogP contribution in [0.2, 0.25) is 0 Å². The van der Waals surface area contributed by atoms with Crippen molar-refractivity contribution in [1.82, 2.24) is 4.90 Å². The minimum absolute atomic E-state index is 0.0279. The van der Waals surface area contributed by atoms with Crippen molar-refractivity contribution in [2.45, 2.75) is 36.4 Å². The van der Waals surface area contributed by atoms with Gasteiger partial charge in [-0.25, -0.2) is 0 Å². The van der Waals surface area contributed by atoms with Gasteiger partial charge in [-0.3, -0.25) is 0 Å². The molecule has 3 aromatic rings. The molecule has 1 atom stereocenters. The number of benzene rings is 3. The van der Waals surface area contributed by atoms with Crippen LogP contribution in [0.1, 0.15) is 42.1 Å². The van der Waals surface area contributed by atoms with Gasteiger partial charge < -0.3 is 19.8 Å². The van der Waals surface area contributed by atoms with Gasteiger partial charge in [-0.15, -0.1) is 11.8 Å². The van der Waals surface area contributed by atoms with Gasteiger partial charge in [0.15, 0.2) is 6.10 Å². The van der Waals surface area contributed by atoms with Crippen LogP contribution in [0.4, 0.5) is 13.2 Å². The van der Waals surface area contributed by atoms with Crippen molar-refractivity contribution >= 4 is 22.9 Å². The van der Waals surface area contributed by atoms with E-state index in [2.05, 4.69) is 4.90 Å². The Bertz CT molecular complexity index is 1270. The minimum Gasteiger partial charge on any atom is -0.508 e. The first-order chi connectivity index (χ1) is 17.8. The summed E-state index contributed by atoms with van der Waals surface area (Å²) in [4.78, 5) is 3.52. The lowest BCUT2D eigenvalue weighted by molar-refractivity contribution is -0.0695. The number of hydrogen-bond acceptors (Lipinski definition) is 5. The van der Waals surface area contributed by atoms with E-state index in [9.17, 15) is 23.4 Å². The highest BCUT2D eigenvalue weighted by molar-refractivity contribution is 7.99. The predicted molar refractivity (Wildman–Crippen MR) is 140 cm³/mol. The number of fused-ring (bicyclic) bond motifs is 1. The predicted octanol–water partition coefficient (Wildman–Crippen LogP) is 7.28. The summed E-state index contributed by atoms with van der Waals surface area (Å²) in [6.07, 6.45) is -1.93. The van der Waals surface area contributed by atoms with E-state index in [0.717, 1.165) is 30.3 Å². The summed E-state index contributed by atoms with van der Waals surface area (Å²) in [6, 6.07) is 16.7. The van der Waals surface area contributed by atoms with Gasteiger partial charge in [-0.05, 0) is 73.5 Å². The number of hydrogen-bond donors (Lipinski definition) is 2. The van der Waals surface area contributed by atoms with Crippen LogP contribution < -0.4 is 4.74 Å². The standard InChI is InChI=1S/C29H28F3NO3S/c30-29(31,32)27-24-13-10-22(35)18-25(24)36-28(26(27)19-4-8-21(34)9-5-19)20-6-11-23(12-7-20)37-17-16-33-14-2-1-3-15-33/h4-13,18,28,34-35H,1-3,14-17H2. The number of halogens is 3. The zero-order valence-corrected chi connectivity index (χ0v) is 21.0. The van der Waals surface area contributed by atoms with Crippen LogP contribution >= 0.6 is 11.8 Å². The van der Waals surface area contributed by atoms with Crippen molar-refractivity contribution in [3.63, 3.8) is 0 Å². The van der Waals surface area contributed by atoms with Gasteiger partial charge in [-0.2, -0.15) is 13.2 Å². The number of phenolic OH excluding ortho intramolecular Hbond substituents is 2. The summed E-state index contributed by atoms with van der Waals surface area (Å²) in [6.45, 7) is 3.30. The maximum atomic E-state index is 14.5. The maximum absolute atomic E-state index is 14.5. The molecule has 0 spiro atoms. The molecule has 0 radical (unpaired) electrons. The van der Waals surface area contributed by atoms with E-state index >= 15 is 0 Å². The number of rotatable bonds is 6. The fraction of sp³-hybridized carbons (Fsp3) is 0.310. The number of phenols is 2. The summed E-state index contributed by atoms with van der Waals surface area (Å²) in [5.41, 5.74) is -0.108. The lowest BCUT2D eigenvalue weighted by Gasteiger charge is -2.33. The molecule has 1 saturated heterocycles. The molecule has 8 heteroatoms. The molecule has 5 rings (SSSR count). The van der Waals surface area contributed by atoms with Gasteiger partial charge in [-0.1, -0.05) is 30.7 Å². The third-order valence-electron chi connectivity index (χ3n) is 6.78. The number of likely N-dealkylation sites (tertiary alicyclic amines) is 1. The summed E-state index contributed by atoms with van der Waals surface area (Å²) in [7, 11) is 0. The van der Waals surface area contributed by atoms with Gasteiger partial charge in [0.05, 0.1) is 5.57 Å². The molecule has 0 aromatic heterocycles. The number of allylic oxidation sites excluding steroid dienone is 1.